The average Bonchev–Trinajstić information content (AvgIpc) is 3.09. The van der Waals surface area contributed by atoms with Crippen LogP contribution in [-0.2, 0) is 0 Å². The third-order valence-corrected chi connectivity index (χ3v) is 5.12. The number of carbonyl (C=O) groups excluding carboxylic acids is 1. The van der Waals surface area contributed by atoms with Gasteiger partial charge in [0.25, 0.3) is 5.91 Å². The number of carbonyl (C=O) groups is 1. The average molecular weight is 378 g/mol. The van der Waals surface area contributed by atoms with Gasteiger partial charge in [0.1, 0.15) is 0 Å². The topological polar surface area (TPSA) is 56.8 Å². The van der Waals surface area contributed by atoms with Crippen LogP contribution in [-0.4, -0.2) is 33.3 Å². The molecule has 1 aromatic heterocycles. The molecule has 5 nitrogen and oxygen atoms in total. The molecule has 2 aromatic rings. The molecule has 142 valence electrons. The zero-order valence-corrected chi connectivity index (χ0v) is 17.0. The molecule has 2 rings (SSSR count). The monoisotopic (exact) mass is 377 g/mol. The second kappa shape index (κ2) is 8.94. The van der Waals surface area contributed by atoms with Crippen LogP contribution in [0, 0.1) is 5.92 Å². The molecule has 0 radical (unpaired) electrons. The number of amides is 1. The lowest BCUT2D eigenvalue weighted by atomic mass is 10.1. The Balaban J connectivity index is 2.28. The van der Waals surface area contributed by atoms with Crippen LogP contribution < -0.4 is 19.5 Å². The van der Waals surface area contributed by atoms with Crippen molar-refractivity contribution in [2.24, 2.45) is 5.92 Å². The Bertz CT molecular complexity index is 754. The van der Waals surface area contributed by atoms with Gasteiger partial charge in [0.15, 0.2) is 11.5 Å². The molecule has 0 aliphatic heterocycles. The van der Waals surface area contributed by atoms with Crippen molar-refractivity contribution in [1.29, 1.82) is 0 Å². The summed E-state index contributed by atoms with van der Waals surface area (Å²) in [5, 5.41) is 3.06. The summed E-state index contributed by atoms with van der Waals surface area (Å²) in [5.74, 6) is 2.23. The van der Waals surface area contributed by atoms with E-state index in [2.05, 4.69) is 19.2 Å². The number of benzene rings is 1. The third kappa shape index (κ3) is 4.49. The highest BCUT2D eigenvalue weighted by atomic mass is 32.1. The van der Waals surface area contributed by atoms with Crippen molar-refractivity contribution in [3.8, 4) is 27.7 Å². The SMILES string of the molecule is COc1ccc(-c2ccc(C(=O)NC(C)CC(C)C)s2)c(OC)c1OC. The second-order valence-electron chi connectivity index (χ2n) is 6.55. The molecule has 0 aliphatic rings. The van der Waals surface area contributed by atoms with Crippen LogP contribution in [0.4, 0.5) is 0 Å². The van der Waals surface area contributed by atoms with Gasteiger partial charge in [-0.2, -0.15) is 0 Å². The Morgan fingerprint density at radius 1 is 1.00 bits per heavy atom. The normalized spacial score (nSPS) is 12.0. The van der Waals surface area contributed by atoms with Gasteiger partial charge in [0.05, 0.1) is 26.2 Å². The van der Waals surface area contributed by atoms with Crippen molar-refractivity contribution in [2.75, 3.05) is 21.3 Å². The number of ether oxygens (including phenoxy) is 3. The molecule has 6 heteroatoms. The number of thiophene rings is 1. The maximum Gasteiger partial charge on any atom is 0.261 e. The maximum atomic E-state index is 12.5. The molecule has 1 amide bonds. The van der Waals surface area contributed by atoms with E-state index in [0.29, 0.717) is 28.0 Å². The summed E-state index contributed by atoms with van der Waals surface area (Å²) in [7, 11) is 4.76. The first-order chi connectivity index (χ1) is 12.4. The van der Waals surface area contributed by atoms with E-state index < -0.39 is 0 Å². The Morgan fingerprint density at radius 3 is 2.27 bits per heavy atom. The van der Waals surface area contributed by atoms with Crippen LogP contribution >= 0.6 is 11.3 Å². The molecule has 0 spiro atoms. The van der Waals surface area contributed by atoms with Crippen molar-refractivity contribution in [1.82, 2.24) is 5.32 Å². The van der Waals surface area contributed by atoms with Crippen LogP contribution in [0.3, 0.4) is 0 Å². The van der Waals surface area contributed by atoms with Crippen LogP contribution in [0.5, 0.6) is 17.2 Å². The van der Waals surface area contributed by atoms with Crippen LogP contribution in [0.25, 0.3) is 10.4 Å². The smallest absolute Gasteiger partial charge is 0.261 e. The summed E-state index contributed by atoms with van der Waals surface area (Å²) in [6, 6.07) is 7.66. The highest BCUT2D eigenvalue weighted by Gasteiger charge is 2.20. The fourth-order valence-electron chi connectivity index (χ4n) is 2.96. The molecule has 26 heavy (non-hydrogen) atoms. The first-order valence-electron chi connectivity index (χ1n) is 8.61. The highest BCUT2D eigenvalue weighted by molar-refractivity contribution is 7.17. The fourth-order valence-corrected chi connectivity index (χ4v) is 3.89. The number of hydrogen-bond donors (Lipinski definition) is 1. The van der Waals surface area contributed by atoms with E-state index in [9.17, 15) is 4.79 Å². The minimum absolute atomic E-state index is 0.0474. The molecule has 1 unspecified atom stereocenters. The summed E-state index contributed by atoms with van der Waals surface area (Å²) < 4.78 is 16.3. The molecule has 0 saturated heterocycles. The van der Waals surface area contributed by atoms with Crippen LogP contribution in [0.15, 0.2) is 24.3 Å². The first kappa shape index (κ1) is 20.1. The molecule has 0 bridgehead atoms. The molecule has 0 fully saturated rings. The number of methoxy groups -OCH3 is 3. The summed E-state index contributed by atoms with van der Waals surface area (Å²) in [4.78, 5) is 14.1. The summed E-state index contributed by atoms with van der Waals surface area (Å²) in [5.41, 5.74) is 0.865. The molecule has 0 aliphatic carbocycles. The van der Waals surface area contributed by atoms with E-state index in [-0.39, 0.29) is 11.9 Å². The van der Waals surface area contributed by atoms with Crippen LogP contribution in [0.2, 0.25) is 0 Å². The van der Waals surface area contributed by atoms with Gasteiger partial charge >= 0.3 is 0 Å². The van der Waals surface area contributed by atoms with Gasteiger partial charge in [-0.25, -0.2) is 0 Å². The lowest BCUT2D eigenvalue weighted by Crippen LogP contribution is -2.32. The van der Waals surface area contributed by atoms with Crippen molar-refractivity contribution in [3.05, 3.63) is 29.1 Å². The van der Waals surface area contributed by atoms with Gasteiger partial charge in [-0.1, -0.05) is 13.8 Å². The Morgan fingerprint density at radius 2 is 1.69 bits per heavy atom. The van der Waals surface area contributed by atoms with Gasteiger partial charge in [0, 0.05) is 16.5 Å². The van der Waals surface area contributed by atoms with E-state index in [1.165, 1.54) is 11.3 Å². The summed E-state index contributed by atoms with van der Waals surface area (Å²) in [6.45, 7) is 6.33. The van der Waals surface area contributed by atoms with E-state index in [4.69, 9.17) is 14.2 Å². The predicted molar refractivity (Wildman–Crippen MR) is 106 cm³/mol. The van der Waals surface area contributed by atoms with Crippen LogP contribution in [0.1, 0.15) is 36.9 Å². The summed E-state index contributed by atoms with van der Waals surface area (Å²) in [6.07, 6.45) is 0.952. The second-order valence-corrected chi connectivity index (χ2v) is 7.63. The first-order valence-corrected chi connectivity index (χ1v) is 9.42. The van der Waals surface area contributed by atoms with Crippen molar-refractivity contribution < 1.29 is 19.0 Å². The van der Waals surface area contributed by atoms with Gasteiger partial charge in [-0.3, -0.25) is 4.79 Å². The minimum Gasteiger partial charge on any atom is -0.493 e. The van der Waals surface area contributed by atoms with Crippen molar-refractivity contribution >= 4 is 17.2 Å². The van der Waals surface area contributed by atoms with Crippen molar-refractivity contribution in [2.45, 2.75) is 33.2 Å². The molecule has 1 heterocycles. The van der Waals surface area contributed by atoms with Crippen molar-refractivity contribution in [3.63, 3.8) is 0 Å². The summed E-state index contributed by atoms with van der Waals surface area (Å²) >= 11 is 1.43. The van der Waals surface area contributed by atoms with E-state index in [0.717, 1.165) is 16.9 Å². The molecule has 1 atom stereocenters. The molecule has 0 saturated carbocycles. The zero-order valence-electron chi connectivity index (χ0n) is 16.2. The number of hydrogen-bond acceptors (Lipinski definition) is 5. The Kier molecular flexibility index (Phi) is 6.91. The van der Waals surface area contributed by atoms with Gasteiger partial charge in [-0.05, 0) is 43.5 Å². The lowest BCUT2D eigenvalue weighted by molar-refractivity contribution is 0.0940. The number of rotatable bonds is 8. The Labute approximate surface area is 159 Å². The largest absolute Gasteiger partial charge is 0.493 e. The Hall–Kier alpha value is -2.21. The molecular formula is C20H27NO4S. The lowest BCUT2D eigenvalue weighted by Gasteiger charge is -2.15. The maximum absolute atomic E-state index is 12.5. The van der Waals surface area contributed by atoms with E-state index in [1.807, 2.05) is 31.2 Å². The standard InChI is InChI=1S/C20H27NO4S/c1-12(2)11-13(3)21-20(22)17-10-9-16(26-17)14-7-8-15(23-4)19(25-6)18(14)24-5/h7-10,12-13H,11H2,1-6H3,(H,21,22). The van der Waals surface area contributed by atoms with E-state index >= 15 is 0 Å². The third-order valence-electron chi connectivity index (χ3n) is 4.00. The fraction of sp³-hybridized carbons (Fsp3) is 0.450. The highest BCUT2D eigenvalue weighted by Crippen LogP contribution is 2.45. The van der Waals surface area contributed by atoms with E-state index in [1.54, 1.807) is 21.3 Å². The minimum atomic E-state index is -0.0474. The van der Waals surface area contributed by atoms with Gasteiger partial charge in [-0.15, -0.1) is 11.3 Å². The molecule has 1 N–H and O–H groups in total. The quantitative estimate of drug-likeness (QED) is 0.730. The molecule has 1 aromatic carbocycles. The number of nitrogens with one attached hydrogen (secondary N) is 1. The van der Waals surface area contributed by atoms with Gasteiger partial charge < -0.3 is 19.5 Å². The zero-order chi connectivity index (χ0) is 19.3. The molecular weight excluding hydrogens is 350 g/mol. The van der Waals surface area contributed by atoms with Gasteiger partial charge in [0.2, 0.25) is 5.75 Å². The predicted octanol–water partition coefficient (Wildman–Crippen LogP) is 4.61.